The number of phenols is 1. The Kier molecular flexibility index (Phi) is 4.01. The van der Waals surface area contributed by atoms with E-state index in [1.54, 1.807) is 12.1 Å². The number of phenolic OH excluding ortho intramolecular Hbond substituents is 1. The van der Waals surface area contributed by atoms with Crippen molar-refractivity contribution < 1.29 is 15.3 Å². The lowest BCUT2D eigenvalue weighted by atomic mass is 9.73. The number of nitrogens with zero attached hydrogens (tertiary/aromatic N) is 1. The predicted octanol–water partition coefficient (Wildman–Crippen LogP) is 3.50. The molecule has 3 N–H and O–H groups in total. The number of hydrogen-bond donors (Lipinski definition) is 3. The van der Waals surface area contributed by atoms with Crippen LogP contribution in [0.5, 0.6) is 5.75 Å². The molecule has 1 aliphatic carbocycles. The molecule has 0 aliphatic heterocycles. The van der Waals surface area contributed by atoms with Crippen LogP contribution in [-0.2, 0) is 0 Å². The molecule has 2 atom stereocenters. The molecule has 0 spiro atoms. The third-order valence-corrected chi connectivity index (χ3v) is 4.86. The fraction of sp³-hybridized carbons (Fsp3) is 0.300. The molecule has 2 aromatic rings. The number of rotatable bonds is 3. The Bertz CT molecular complexity index is 824. The van der Waals surface area contributed by atoms with Crippen LogP contribution in [-0.4, -0.2) is 35.5 Å². The van der Waals surface area contributed by atoms with Gasteiger partial charge in [-0.25, -0.2) is 0 Å². The Balaban J connectivity index is 1.98. The van der Waals surface area contributed by atoms with Crippen molar-refractivity contribution in [3.05, 3.63) is 64.4 Å². The smallest absolute Gasteiger partial charge is 0.125 e. The van der Waals surface area contributed by atoms with Gasteiger partial charge in [-0.15, -0.1) is 0 Å². The Hall–Kier alpha value is -2.46. The molecular formula is C20H23NO3. The zero-order valence-electron chi connectivity index (χ0n) is 14.4. The summed E-state index contributed by atoms with van der Waals surface area (Å²) in [5.74, 6) is -0.258. The van der Waals surface area contributed by atoms with Crippen molar-refractivity contribution in [1.82, 2.24) is 0 Å². The molecule has 0 fully saturated rings. The third-order valence-electron chi connectivity index (χ3n) is 4.86. The minimum Gasteiger partial charge on any atom is -0.511 e. The van der Waals surface area contributed by atoms with Crippen molar-refractivity contribution in [2.45, 2.75) is 25.9 Å². The van der Waals surface area contributed by atoms with Crippen LogP contribution in [0.15, 0.2) is 42.2 Å². The van der Waals surface area contributed by atoms with E-state index in [9.17, 15) is 15.3 Å². The highest BCUT2D eigenvalue weighted by molar-refractivity contribution is 5.83. The molecule has 0 radical (unpaired) electrons. The van der Waals surface area contributed by atoms with Gasteiger partial charge in [-0.05, 0) is 42.7 Å². The molecule has 126 valence electrons. The summed E-state index contributed by atoms with van der Waals surface area (Å²) in [6.45, 7) is 4.04. The van der Waals surface area contributed by atoms with Crippen LogP contribution in [0, 0.1) is 13.8 Å². The number of hydrogen-bond acceptors (Lipinski definition) is 4. The first-order valence-electron chi connectivity index (χ1n) is 8.00. The largest absolute Gasteiger partial charge is 0.511 e. The van der Waals surface area contributed by atoms with Crippen molar-refractivity contribution in [3.8, 4) is 5.75 Å². The van der Waals surface area contributed by atoms with E-state index in [1.165, 1.54) is 5.56 Å². The monoisotopic (exact) mass is 325 g/mol. The van der Waals surface area contributed by atoms with E-state index < -0.39 is 12.0 Å². The number of benzene rings is 2. The van der Waals surface area contributed by atoms with Crippen molar-refractivity contribution in [3.63, 3.8) is 0 Å². The Morgan fingerprint density at radius 1 is 0.917 bits per heavy atom. The lowest BCUT2D eigenvalue weighted by molar-refractivity contribution is 0.152. The number of aliphatic hydroxyl groups excluding tert-OH is 2. The molecule has 2 unspecified atom stereocenters. The Labute approximate surface area is 142 Å². The molecule has 24 heavy (non-hydrogen) atoms. The van der Waals surface area contributed by atoms with E-state index >= 15 is 0 Å². The summed E-state index contributed by atoms with van der Waals surface area (Å²) in [5.41, 5.74) is 4.92. The molecule has 0 saturated heterocycles. The standard InChI is InChI=1S/C20H23NO3/c1-11-5-6-13(9-12(11)2)17-19(23)18(20(17)24)15-8-7-14(21(3)4)10-16(15)22/h5-10,17,19,22-24H,1-4H3. The van der Waals surface area contributed by atoms with E-state index in [0.29, 0.717) is 11.1 Å². The lowest BCUT2D eigenvalue weighted by Gasteiger charge is -2.36. The summed E-state index contributed by atoms with van der Waals surface area (Å²) in [5, 5.41) is 31.3. The summed E-state index contributed by atoms with van der Waals surface area (Å²) >= 11 is 0. The first-order valence-corrected chi connectivity index (χ1v) is 8.00. The second-order valence-corrected chi connectivity index (χ2v) is 6.66. The quantitative estimate of drug-likeness (QED) is 0.808. The van der Waals surface area contributed by atoms with Gasteiger partial charge < -0.3 is 20.2 Å². The molecule has 1 aliphatic rings. The molecule has 2 aromatic carbocycles. The highest BCUT2D eigenvalue weighted by atomic mass is 16.3. The fourth-order valence-electron chi connectivity index (χ4n) is 3.16. The lowest BCUT2D eigenvalue weighted by Crippen LogP contribution is -2.33. The van der Waals surface area contributed by atoms with E-state index in [4.69, 9.17) is 0 Å². The zero-order chi connectivity index (χ0) is 17.6. The number of aromatic hydroxyl groups is 1. The number of anilines is 1. The van der Waals surface area contributed by atoms with Gasteiger partial charge in [0.05, 0.1) is 12.0 Å². The molecular weight excluding hydrogens is 302 g/mol. The summed E-state index contributed by atoms with van der Waals surface area (Å²) < 4.78 is 0. The van der Waals surface area contributed by atoms with Crippen molar-refractivity contribution >= 4 is 11.3 Å². The van der Waals surface area contributed by atoms with E-state index in [0.717, 1.165) is 16.8 Å². The highest BCUT2D eigenvalue weighted by Gasteiger charge is 2.42. The van der Waals surface area contributed by atoms with Gasteiger partial charge in [0, 0.05) is 37.0 Å². The maximum atomic E-state index is 10.6. The average molecular weight is 325 g/mol. The third kappa shape index (κ3) is 2.53. The topological polar surface area (TPSA) is 63.9 Å². The van der Waals surface area contributed by atoms with Crippen LogP contribution in [0.25, 0.3) is 5.57 Å². The Morgan fingerprint density at radius 2 is 1.62 bits per heavy atom. The number of aryl methyl sites for hydroxylation is 2. The van der Waals surface area contributed by atoms with Gasteiger partial charge in [0.25, 0.3) is 0 Å². The van der Waals surface area contributed by atoms with Crippen LogP contribution in [0.3, 0.4) is 0 Å². The first kappa shape index (κ1) is 16.4. The second-order valence-electron chi connectivity index (χ2n) is 6.66. The fourth-order valence-corrected chi connectivity index (χ4v) is 3.16. The SMILES string of the molecule is Cc1ccc(C2C(O)=C(c3ccc(N(C)C)cc3O)C2O)cc1C. The average Bonchev–Trinajstić information content (AvgIpc) is 2.53. The molecule has 4 nitrogen and oxygen atoms in total. The maximum absolute atomic E-state index is 10.6. The van der Waals surface area contributed by atoms with Crippen LogP contribution in [0.1, 0.15) is 28.2 Å². The van der Waals surface area contributed by atoms with Crippen LogP contribution in [0.4, 0.5) is 5.69 Å². The summed E-state index contributed by atoms with van der Waals surface area (Å²) in [6.07, 6.45) is -0.830. The van der Waals surface area contributed by atoms with Crippen molar-refractivity contribution in [1.29, 1.82) is 0 Å². The first-order chi connectivity index (χ1) is 11.3. The van der Waals surface area contributed by atoms with Gasteiger partial charge in [0.15, 0.2) is 0 Å². The van der Waals surface area contributed by atoms with Gasteiger partial charge in [0.2, 0.25) is 0 Å². The second kappa shape index (κ2) is 5.87. The normalized spacial score (nSPS) is 20.0. The molecule has 4 heteroatoms. The summed E-state index contributed by atoms with van der Waals surface area (Å²) in [7, 11) is 3.78. The van der Waals surface area contributed by atoms with Crippen LogP contribution in [0.2, 0.25) is 0 Å². The molecule has 3 rings (SSSR count). The minimum atomic E-state index is -0.830. The van der Waals surface area contributed by atoms with Crippen LogP contribution >= 0.6 is 0 Å². The minimum absolute atomic E-state index is 0.0559. The van der Waals surface area contributed by atoms with E-state index in [2.05, 4.69) is 0 Å². The maximum Gasteiger partial charge on any atom is 0.125 e. The van der Waals surface area contributed by atoms with Gasteiger partial charge in [-0.1, -0.05) is 18.2 Å². The summed E-state index contributed by atoms with van der Waals surface area (Å²) in [4.78, 5) is 1.88. The van der Waals surface area contributed by atoms with Crippen molar-refractivity contribution in [2.75, 3.05) is 19.0 Å². The van der Waals surface area contributed by atoms with Crippen molar-refractivity contribution in [2.24, 2.45) is 0 Å². The molecule has 0 heterocycles. The molecule has 0 amide bonds. The Morgan fingerprint density at radius 3 is 2.17 bits per heavy atom. The molecule has 0 bridgehead atoms. The van der Waals surface area contributed by atoms with Crippen LogP contribution < -0.4 is 4.90 Å². The van der Waals surface area contributed by atoms with E-state index in [-0.39, 0.29) is 11.5 Å². The van der Waals surface area contributed by atoms with Gasteiger partial charge in [0.1, 0.15) is 11.5 Å². The molecule has 0 saturated carbocycles. The van der Waals surface area contributed by atoms with E-state index in [1.807, 2.05) is 57.1 Å². The predicted molar refractivity (Wildman–Crippen MR) is 96.6 cm³/mol. The zero-order valence-corrected chi connectivity index (χ0v) is 14.4. The molecule has 0 aromatic heterocycles. The summed E-state index contributed by atoms with van der Waals surface area (Å²) in [6, 6.07) is 11.1. The highest BCUT2D eigenvalue weighted by Crippen LogP contribution is 2.48. The van der Waals surface area contributed by atoms with Gasteiger partial charge in [-0.2, -0.15) is 0 Å². The number of aliphatic hydroxyl groups is 2. The van der Waals surface area contributed by atoms with Gasteiger partial charge in [-0.3, -0.25) is 0 Å². The van der Waals surface area contributed by atoms with Gasteiger partial charge >= 0.3 is 0 Å².